The number of phenols is 1. The highest BCUT2D eigenvalue weighted by Crippen LogP contribution is 2.21. The minimum absolute atomic E-state index is 0.0443. The van der Waals surface area contributed by atoms with Gasteiger partial charge in [-0.05, 0) is 18.2 Å². The van der Waals surface area contributed by atoms with Crippen LogP contribution in [0.15, 0.2) is 18.2 Å². The van der Waals surface area contributed by atoms with Gasteiger partial charge < -0.3 is 10.8 Å². The van der Waals surface area contributed by atoms with E-state index in [0.717, 1.165) is 12.3 Å². The lowest BCUT2D eigenvalue weighted by Gasteiger charge is -2.08. The molecule has 6 nitrogen and oxygen atoms in total. The fraction of sp³-hybridized carbons (Fsp3) is 0.125. The third-order valence-electron chi connectivity index (χ3n) is 1.56. The lowest BCUT2D eigenvalue weighted by Crippen LogP contribution is -2.17. The molecule has 4 N–H and O–H groups in total. The number of hydrogen-bond donors (Lipinski definition) is 3. The lowest BCUT2D eigenvalue weighted by molar-refractivity contribution is 0.100. The molecular formula is C8H10N2O4S. The van der Waals surface area contributed by atoms with Gasteiger partial charge in [0.25, 0.3) is 5.91 Å². The van der Waals surface area contributed by atoms with Gasteiger partial charge in [0.15, 0.2) is 0 Å². The molecule has 0 aromatic heterocycles. The highest BCUT2D eigenvalue weighted by atomic mass is 32.2. The number of nitrogens with two attached hydrogens (primary N) is 1. The Kier molecular flexibility index (Phi) is 2.85. The number of primary amides is 1. The van der Waals surface area contributed by atoms with Crippen molar-refractivity contribution in [3.63, 3.8) is 0 Å². The maximum absolute atomic E-state index is 10.9. The van der Waals surface area contributed by atoms with Crippen LogP contribution in [-0.4, -0.2) is 25.7 Å². The predicted octanol–water partition coefficient (Wildman–Crippen LogP) is -0.137. The van der Waals surface area contributed by atoms with Crippen LogP contribution in [0.2, 0.25) is 0 Å². The minimum atomic E-state index is -3.49. The van der Waals surface area contributed by atoms with Crippen LogP contribution in [0.3, 0.4) is 0 Å². The largest absolute Gasteiger partial charge is 0.508 e. The summed E-state index contributed by atoms with van der Waals surface area (Å²) in [7, 11) is -3.49. The summed E-state index contributed by atoms with van der Waals surface area (Å²) in [6, 6.07) is 3.60. The molecule has 0 saturated heterocycles. The molecule has 0 aliphatic rings. The molecule has 0 spiro atoms. The molecule has 1 rings (SSSR count). The molecule has 0 radical (unpaired) electrons. The molecule has 0 heterocycles. The Labute approximate surface area is 86.8 Å². The van der Waals surface area contributed by atoms with Gasteiger partial charge in [-0.15, -0.1) is 0 Å². The molecule has 0 unspecified atom stereocenters. The number of rotatable bonds is 3. The molecule has 15 heavy (non-hydrogen) atoms. The zero-order chi connectivity index (χ0) is 11.6. The number of carbonyl (C=O) groups excluding carboxylic acids is 1. The van der Waals surface area contributed by atoms with Crippen molar-refractivity contribution < 1.29 is 18.3 Å². The van der Waals surface area contributed by atoms with Crippen molar-refractivity contribution in [2.45, 2.75) is 0 Å². The first-order valence-electron chi connectivity index (χ1n) is 3.90. The molecule has 0 aliphatic carbocycles. The summed E-state index contributed by atoms with van der Waals surface area (Å²) in [6.07, 6.45) is 0.949. The summed E-state index contributed by atoms with van der Waals surface area (Å²) >= 11 is 0. The number of hydrogen-bond acceptors (Lipinski definition) is 4. The number of sulfonamides is 1. The molecule has 7 heteroatoms. The predicted molar refractivity (Wildman–Crippen MR) is 55.1 cm³/mol. The monoisotopic (exact) mass is 230 g/mol. The number of phenolic OH excluding ortho intramolecular Hbond substituents is 1. The van der Waals surface area contributed by atoms with Gasteiger partial charge in [-0.2, -0.15) is 0 Å². The Morgan fingerprint density at radius 3 is 2.53 bits per heavy atom. The molecule has 1 aromatic rings. The summed E-state index contributed by atoms with van der Waals surface area (Å²) in [5, 5.41) is 9.10. The fourth-order valence-corrected chi connectivity index (χ4v) is 1.60. The van der Waals surface area contributed by atoms with Gasteiger partial charge in [0, 0.05) is 0 Å². The maximum Gasteiger partial charge on any atom is 0.250 e. The fourth-order valence-electron chi connectivity index (χ4n) is 1.02. The van der Waals surface area contributed by atoms with E-state index in [-0.39, 0.29) is 17.0 Å². The van der Waals surface area contributed by atoms with E-state index in [1.165, 1.54) is 12.1 Å². The average molecular weight is 230 g/mol. The first-order chi connectivity index (χ1) is 6.79. The van der Waals surface area contributed by atoms with E-state index in [4.69, 9.17) is 10.8 Å². The zero-order valence-corrected chi connectivity index (χ0v) is 8.71. The quantitative estimate of drug-likeness (QED) is 0.628. The molecule has 0 fully saturated rings. The smallest absolute Gasteiger partial charge is 0.250 e. The lowest BCUT2D eigenvalue weighted by atomic mass is 10.1. The molecule has 0 saturated carbocycles. The summed E-state index contributed by atoms with van der Waals surface area (Å²) in [5.41, 5.74) is 4.98. The van der Waals surface area contributed by atoms with Crippen molar-refractivity contribution in [3.05, 3.63) is 23.8 Å². The van der Waals surface area contributed by atoms with Gasteiger partial charge >= 0.3 is 0 Å². The zero-order valence-electron chi connectivity index (χ0n) is 7.89. The van der Waals surface area contributed by atoms with Crippen LogP contribution in [0, 0.1) is 0 Å². The average Bonchev–Trinajstić information content (AvgIpc) is 2.05. The molecule has 82 valence electrons. The second-order valence-electron chi connectivity index (χ2n) is 2.97. The summed E-state index contributed by atoms with van der Waals surface area (Å²) < 4.78 is 24.0. The second-order valence-corrected chi connectivity index (χ2v) is 4.72. The van der Waals surface area contributed by atoms with Crippen LogP contribution in [0.4, 0.5) is 5.69 Å². The van der Waals surface area contributed by atoms with Crippen molar-refractivity contribution in [3.8, 4) is 5.75 Å². The number of nitrogens with one attached hydrogen (secondary N) is 1. The number of anilines is 1. The number of amides is 1. The van der Waals surface area contributed by atoms with E-state index in [9.17, 15) is 13.2 Å². The van der Waals surface area contributed by atoms with Crippen molar-refractivity contribution >= 4 is 21.6 Å². The first-order valence-corrected chi connectivity index (χ1v) is 5.79. The van der Waals surface area contributed by atoms with E-state index >= 15 is 0 Å². The topological polar surface area (TPSA) is 109 Å². The minimum Gasteiger partial charge on any atom is -0.508 e. The van der Waals surface area contributed by atoms with Crippen LogP contribution >= 0.6 is 0 Å². The normalized spacial score (nSPS) is 11.0. The van der Waals surface area contributed by atoms with Gasteiger partial charge in [-0.3, -0.25) is 9.52 Å². The molecule has 0 atom stereocenters. The van der Waals surface area contributed by atoms with E-state index < -0.39 is 15.9 Å². The Morgan fingerprint density at radius 1 is 1.47 bits per heavy atom. The Morgan fingerprint density at radius 2 is 2.07 bits per heavy atom. The Hall–Kier alpha value is -1.76. The first kappa shape index (κ1) is 11.3. The number of carbonyl (C=O) groups is 1. The van der Waals surface area contributed by atoms with Crippen molar-refractivity contribution in [1.29, 1.82) is 0 Å². The van der Waals surface area contributed by atoms with Gasteiger partial charge in [-0.1, -0.05) is 0 Å². The highest BCUT2D eigenvalue weighted by molar-refractivity contribution is 7.92. The molecule has 1 amide bonds. The standard InChI is InChI=1S/C8H10N2O4S/c1-15(13,14)10-7-3-2-5(11)4-6(7)8(9)12/h2-4,10-11H,1H3,(H2,9,12). The van der Waals surface area contributed by atoms with Crippen LogP contribution < -0.4 is 10.5 Å². The summed E-state index contributed by atoms with van der Waals surface area (Å²) in [6.45, 7) is 0. The van der Waals surface area contributed by atoms with Crippen LogP contribution in [-0.2, 0) is 10.0 Å². The highest BCUT2D eigenvalue weighted by Gasteiger charge is 2.12. The second kappa shape index (κ2) is 3.77. The summed E-state index contributed by atoms with van der Waals surface area (Å²) in [4.78, 5) is 10.9. The van der Waals surface area contributed by atoms with Crippen LogP contribution in [0.5, 0.6) is 5.75 Å². The van der Waals surface area contributed by atoms with E-state index in [1.54, 1.807) is 0 Å². The molecular weight excluding hydrogens is 220 g/mol. The third-order valence-corrected chi connectivity index (χ3v) is 2.15. The SMILES string of the molecule is CS(=O)(=O)Nc1ccc(O)cc1C(N)=O. The Balaban J connectivity index is 3.24. The van der Waals surface area contributed by atoms with E-state index in [1.807, 2.05) is 0 Å². The van der Waals surface area contributed by atoms with Crippen LogP contribution in [0.1, 0.15) is 10.4 Å². The van der Waals surface area contributed by atoms with Gasteiger partial charge in [0.2, 0.25) is 10.0 Å². The van der Waals surface area contributed by atoms with Gasteiger partial charge in [0.1, 0.15) is 5.75 Å². The Bertz CT molecular complexity index is 495. The molecule has 1 aromatic carbocycles. The molecule has 0 aliphatic heterocycles. The van der Waals surface area contributed by atoms with Crippen molar-refractivity contribution in [2.75, 3.05) is 11.0 Å². The van der Waals surface area contributed by atoms with Gasteiger partial charge in [-0.25, -0.2) is 8.42 Å². The summed E-state index contributed by atoms with van der Waals surface area (Å²) in [5.74, 6) is -0.986. The molecule has 0 bridgehead atoms. The van der Waals surface area contributed by atoms with E-state index in [2.05, 4.69) is 4.72 Å². The van der Waals surface area contributed by atoms with Crippen molar-refractivity contribution in [1.82, 2.24) is 0 Å². The van der Waals surface area contributed by atoms with Gasteiger partial charge in [0.05, 0.1) is 17.5 Å². The van der Waals surface area contributed by atoms with Crippen molar-refractivity contribution in [2.24, 2.45) is 5.73 Å². The van der Waals surface area contributed by atoms with Crippen LogP contribution in [0.25, 0.3) is 0 Å². The maximum atomic E-state index is 10.9. The third kappa shape index (κ3) is 3.13. The number of aromatic hydroxyl groups is 1. The van der Waals surface area contributed by atoms with E-state index in [0.29, 0.717) is 0 Å². The number of benzene rings is 1.